The standard InChI is InChI=1S/C21H18N2O3S2/c1-25-15-10-8-14(9-11-15)20(24)23(13-16-5-4-12-26-16)21-22-19-17(27-2)6-3-7-18(19)28-21/h3-12H,13H2,1-2H3. The Labute approximate surface area is 170 Å². The first-order valence-corrected chi connectivity index (χ1v) is 10.7. The number of thioether (sulfide) groups is 1. The van der Waals surface area contributed by atoms with Crippen LogP contribution in [0.1, 0.15) is 16.1 Å². The molecule has 0 aliphatic carbocycles. The highest BCUT2D eigenvalue weighted by Crippen LogP contribution is 2.35. The highest BCUT2D eigenvalue weighted by Gasteiger charge is 2.23. The number of carbonyl (C=O) groups excluding carboxylic acids is 1. The number of para-hydroxylation sites is 1. The lowest BCUT2D eigenvalue weighted by molar-refractivity contribution is 0.0983. The molecule has 4 rings (SSSR count). The minimum Gasteiger partial charge on any atom is -0.497 e. The van der Waals surface area contributed by atoms with Crippen molar-refractivity contribution < 1.29 is 13.9 Å². The summed E-state index contributed by atoms with van der Waals surface area (Å²) in [6, 6.07) is 16.8. The summed E-state index contributed by atoms with van der Waals surface area (Å²) in [5.41, 5.74) is 1.48. The van der Waals surface area contributed by atoms with E-state index in [1.54, 1.807) is 54.3 Å². The molecule has 4 aromatic rings. The highest BCUT2D eigenvalue weighted by atomic mass is 32.2. The Bertz CT molecular complexity index is 1090. The van der Waals surface area contributed by atoms with Gasteiger partial charge in [-0.05, 0) is 54.8 Å². The number of furan rings is 1. The van der Waals surface area contributed by atoms with Crippen molar-refractivity contribution in [2.24, 2.45) is 0 Å². The molecular formula is C21H18N2O3S2. The normalized spacial score (nSPS) is 10.9. The highest BCUT2D eigenvalue weighted by molar-refractivity contribution is 7.98. The number of hydrogen-bond donors (Lipinski definition) is 0. The number of methoxy groups -OCH3 is 1. The first kappa shape index (κ1) is 18.6. The molecule has 5 nitrogen and oxygen atoms in total. The van der Waals surface area contributed by atoms with Crippen LogP contribution in [0, 0.1) is 0 Å². The van der Waals surface area contributed by atoms with Crippen LogP contribution in [-0.4, -0.2) is 24.3 Å². The van der Waals surface area contributed by atoms with Gasteiger partial charge in [-0.15, -0.1) is 11.8 Å². The van der Waals surface area contributed by atoms with Crippen LogP contribution in [0.2, 0.25) is 0 Å². The van der Waals surface area contributed by atoms with E-state index in [4.69, 9.17) is 14.1 Å². The molecule has 0 N–H and O–H groups in total. The fourth-order valence-electron chi connectivity index (χ4n) is 2.87. The lowest BCUT2D eigenvalue weighted by Gasteiger charge is -2.19. The molecule has 0 saturated carbocycles. The first-order chi connectivity index (χ1) is 13.7. The molecule has 1 amide bonds. The van der Waals surface area contributed by atoms with Crippen LogP contribution in [-0.2, 0) is 6.54 Å². The summed E-state index contributed by atoms with van der Waals surface area (Å²) in [4.78, 5) is 20.8. The van der Waals surface area contributed by atoms with Crippen LogP contribution < -0.4 is 9.64 Å². The molecule has 0 aliphatic heterocycles. The van der Waals surface area contributed by atoms with Crippen LogP contribution in [0.25, 0.3) is 10.2 Å². The van der Waals surface area contributed by atoms with Gasteiger partial charge in [-0.25, -0.2) is 4.98 Å². The fourth-order valence-corrected chi connectivity index (χ4v) is 4.48. The lowest BCUT2D eigenvalue weighted by Crippen LogP contribution is -2.30. The van der Waals surface area contributed by atoms with E-state index < -0.39 is 0 Å². The Morgan fingerprint density at radius 2 is 2.00 bits per heavy atom. The average Bonchev–Trinajstić information content (AvgIpc) is 3.40. The number of rotatable bonds is 6. The number of fused-ring (bicyclic) bond motifs is 1. The zero-order chi connectivity index (χ0) is 19.5. The van der Waals surface area contributed by atoms with Gasteiger partial charge in [-0.3, -0.25) is 9.69 Å². The van der Waals surface area contributed by atoms with Crippen molar-refractivity contribution >= 4 is 44.4 Å². The maximum Gasteiger partial charge on any atom is 0.260 e. The summed E-state index contributed by atoms with van der Waals surface area (Å²) in [5.74, 6) is 1.27. The van der Waals surface area contributed by atoms with E-state index in [0.29, 0.717) is 28.7 Å². The molecule has 0 radical (unpaired) electrons. The van der Waals surface area contributed by atoms with Crippen molar-refractivity contribution in [1.29, 1.82) is 0 Å². The van der Waals surface area contributed by atoms with Gasteiger partial charge in [0.15, 0.2) is 5.13 Å². The second-order valence-corrected chi connectivity index (χ2v) is 7.86. The molecule has 0 unspecified atom stereocenters. The summed E-state index contributed by atoms with van der Waals surface area (Å²) in [7, 11) is 1.60. The summed E-state index contributed by atoms with van der Waals surface area (Å²) >= 11 is 3.15. The van der Waals surface area contributed by atoms with Crippen LogP contribution in [0.4, 0.5) is 5.13 Å². The maximum absolute atomic E-state index is 13.3. The minimum absolute atomic E-state index is 0.135. The van der Waals surface area contributed by atoms with Gasteiger partial charge in [0.25, 0.3) is 5.91 Å². The molecule has 0 bridgehead atoms. The summed E-state index contributed by atoms with van der Waals surface area (Å²) in [5, 5.41) is 0.647. The number of ether oxygens (including phenoxy) is 1. The van der Waals surface area contributed by atoms with E-state index in [0.717, 1.165) is 15.1 Å². The van der Waals surface area contributed by atoms with Crippen molar-refractivity contribution in [3.8, 4) is 5.75 Å². The van der Waals surface area contributed by atoms with Crippen molar-refractivity contribution in [3.63, 3.8) is 0 Å². The zero-order valence-corrected chi connectivity index (χ0v) is 17.0. The number of nitrogens with zero attached hydrogens (tertiary/aromatic N) is 2. The van der Waals surface area contributed by atoms with E-state index >= 15 is 0 Å². The smallest absolute Gasteiger partial charge is 0.260 e. The Morgan fingerprint density at radius 1 is 1.18 bits per heavy atom. The van der Waals surface area contributed by atoms with Gasteiger partial charge < -0.3 is 9.15 Å². The van der Waals surface area contributed by atoms with Crippen LogP contribution in [0.3, 0.4) is 0 Å². The summed E-state index contributed by atoms with van der Waals surface area (Å²) in [6.07, 6.45) is 3.63. The maximum atomic E-state index is 13.3. The number of amides is 1. The number of anilines is 1. The van der Waals surface area contributed by atoms with E-state index in [2.05, 4.69) is 0 Å². The molecule has 0 atom stereocenters. The van der Waals surface area contributed by atoms with Gasteiger partial charge in [0.2, 0.25) is 0 Å². The van der Waals surface area contributed by atoms with Gasteiger partial charge in [0.1, 0.15) is 11.5 Å². The molecule has 0 fully saturated rings. The number of thiazole rings is 1. The van der Waals surface area contributed by atoms with Gasteiger partial charge in [-0.1, -0.05) is 17.4 Å². The van der Waals surface area contributed by atoms with Crippen molar-refractivity contribution in [2.45, 2.75) is 11.4 Å². The summed E-state index contributed by atoms with van der Waals surface area (Å²) < 4.78 is 11.7. The number of hydrogen-bond acceptors (Lipinski definition) is 6. The average molecular weight is 411 g/mol. The Hall–Kier alpha value is -2.77. The number of carbonyl (C=O) groups is 1. The fraction of sp³-hybridized carbons (Fsp3) is 0.143. The Morgan fingerprint density at radius 3 is 2.68 bits per heavy atom. The van der Waals surface area contributed by atoms with Crippen molar-refractivity contribution in [1.82, 2.24) is 4.98 Å². The molecule has 28 heavy (non-hydrogen) atoms. The quantitative estimate of drug-likeness (QED) is 0.395. The van der Waals surface area contributed by atoms with E-state index in [1.165, 1.54) is 11.3 Å². The number of benzene rings is 2. The predicted molar refractivity (Wildman–Crippen MR) is 114 cm³/mol. The molecule has 2 heterocycles. The van der Waals surface area contributed by atoms with Crippen LogP contribution in [0.5, 0.6) is 5.75 Å². The first-order valence-electron chi connectivity index (χ1n) is 8.61. The van der Waals surface area contributed by atoms with Gasteiger partial charge in [0, 0.05) is 10.5 Å². The monoisotopic (exact) mass is 410 g/mol. The Kier molecular flexibility index (Phi) is 5.36. The molecule has 142 valence electrons. The number of aromatic nitrogens is 1. The van der Waals surface area contributed by atoms with Crippen molar-refractivity contribution in [3.05, 3.63) is 72.2 Å². The molecule has 0 aliphatic rings. The second-order valence-electron chi connectivity index (χ2n) is 6.00. The topological polar surface area (TPSA) is 55.6 Å². The molecule has 2 aromatic heterocycles. The third-order valence-corrected chi connectivity index (χ3v) is 6.11. The minimum atomic E-state index is -0.135. The SMILES string of the molecule is COc1ccc(C(=O)N(Cc2ccco2)c2nc3c(SC)cccc3s2)cc1. The molecule has 7 heteroatoms. The second kappa shape index (κ2) is 8.08. The van der Waals surface area contributed by atoms with Crippen molar-refractivity contribution in [2.75, 3.05) is 18.3 Å². The molecule has 2 aromatic carbocycles. The largest absolute Gasteiger partial charge is 0.497 e. The van der Waals surface area contributed by atoms with E-state index in [1.807, 2.05) is 36.6 Å². The molecular weight excluding hydrogens is 392 g/mol. The van der Waals surface area contributed by atoms with Gasteiger partial charge in [-0.2, -0.15) is 0 Å². The third kappa shape index (κ3) is 3.63. The van der Waals surface area contributed by atoms with E-state index in [9.17, 15) is 4.79 Å². The predicted octanol–water partition coefficient (Wildman–Crippen LogP) is 5.47. The lowest BCUT2D eigenvalue weighted by atomic mass is 10.2. The van der Waals surface area contributed by atoms with E-state index in [-0.39, 0.29) is 5.91 Å². The molecule has 0 saturated heterocycles. The Balaban J connectivity index is 1.75. The van der Waals surface area contributed by atoms with Gasteiger partial charge >= 0.3 is 0 Å². The molecule has 0 spiro atoms. The van der Waals surface area contributed by atoms with Gasteiger partial charge in [0.05, 0.1) is 30.1 Å². The van der Waals surface area contributed by atoms with Crippen LogP contribution >= 0.6 is 23.1 Å². The van der Waals surface area contributed by atoms with Crippen LogP contribution in [0.15, 0.2) is 70.2 Å². The third-order valence-electron chi connectivity index (χ3n) is 4.30. The summed E-state index contributed by atoms with van der Waals surface area (Å²) in [6.45, 7) is 0.312. The zero-order valence-electron chi connectivity index (χ0n) is 15.4.